The van der Waals surface area contributed by atoms with Gasteiger partial charge in [-0.25, -0.2) is 0 Å². The summed E-state index contributed by atoms with van der Waals surface area (Å²) in [5, 5.41) is 3.40. The molecule has 1 unspecified atom stereocenters. The van der Waals surface area contributed by atoms with Gasteiger partial charge in [-0.3, -0.25) is 9.78 Å². The minimum atomic E-state index is -0.612. The van der Waals surface area contributed by atoms with Gasteiger partial charge in [0.2, 0.25) is 0 Å². The Morgan fingerprint density at radius 2 is 2.29 bits per heavy atom. The number of aromatic nitrogens is 1. The summed E-state index contributed by atoms with van der Waals surface area (Å²) in [4.78, 5) is 16.0. The van der Waals surface area contributed by atoms with Gasteiger partial charge in [-0.05, 0) is 52.7 Å². The fourth-order valence-corrected chi connectivity index (χ4v) is 2.43. The molecule has 0 saturated heterocycles. The Morgan fingerprint density at radius 1 is 1.48 bits per heavy atom. The molecule has 0 spiro atoms. The van der Waals surface area contributed by atoms with Crippen LogP contribution in [0.5, 0.6) is 5.75 Å². The number of benzene rings is 1. The van der Waals surface area contributed by atoms with Crippen LogP contribution in [0.2, 0.25) is 5.02 Å². The van der Waals surface area contributed by atoms with Crippen LogP contribution in [-0.2, 0) is 11.3 Å². The van der Waals surface area contributed by atoms with Crippen molar-refractivity contribution >= 4 is 33.4 Å². The number of rotatable bonds is 5. The van der Waals surface area contributed by atoms with Crippen LogP contribution in [0, 0.1) is 0 Å². The Kier molecular flexibility index (Phi) is 5.59. The number of carbonyl (C=O) groups excluding carboxylic acids is 1. The minimum absolute atomic E-state index is 0.194. The fourth-order valence-electron chi connectivity index (χ4n) is 1.65. The molecule has 1 heterocycles. The van der Waals surface area contributed by atoms with Crippen molar-refractivity contribution < 1.29 is 9.53 Å². The summed E-state index contributed by atoms with van der Waals surface area (Å²) in [5.74, 6) is 0.379. The first-order valence-corrected chi connectivity index (χ1v) is 7.51. The number of halogens is 2. The van der Waals surface area contributed by atoms with Crippen molar-refractivity contribution in [2.75, 3.05) is 0 Å². The summed E-state index contributed by atoms with van der Waals surface area (Å²) >= 11 is 9.21. The van der Waals surface area contributed by atoms with Gasteiger partial charge < -0.3 is 10.1 Å². The quantitative estimate of drug-likeness (QED) is 0.876. The molecule has 2 rings (SSSR count). The van der Waals surface area contributed by atoms with Crippen LogP contribution in [0.1, 0.15) is 12.5 Å². The summed E-state index contributed by atoms with van der Waals surface area (Å²) < 4.78 is 6.33. The zero-order chi connectivity index (χ0) is 15.2. The molecule has 1 aromatic heterocycles. The van der Waals surface area contributed by atoms with Crippen LogP contribution in [0.4, 0.5) is 0 Å². The maximum absolute atomic E-state index is 12.0. The summed E-state index contributed by atoms with van der Waals surface area (Å²) in [7, 11) is 0. The van der Waals surface area contributed by atoms with E-state index in [4.69, 9.17) is 16.3 Å². The van der Waals surface area contributed by atoms with Gasteiger partial charge in [0, 0.05) is 24.0 Å². The van der Waals surface area contributed by atoms with Gasteiger partial charge in [-0.15, -0.1) is 0 Å². The van der Waals surface area contributed by atoms with Crippen LogP contribution in [-0.4, -0.2) is 17.0 Å². The molecular formula is C15H14BrClN2O2. The fraction of sp³-hybridized carbons (Fsp3) is 0.200. The molecule has 0 fully saturated rings. The number of pyridine rings is 1. The summed E-state index contributed by atoms with van der Waals surface area (Å²) in [6.07, 6.45) is 2.79. The third kappa shape index (κ3) is 4.72. The predicted molar refractivity (Wildman–Crippen MR) is 85.3 cm³/mol. The largest absolute Gasteiger partial charge is 0.480 e. The normalized spacial score (nSPS) is 11.8. The molecule has 2 aromatic rings. The first-order valence-electron chi connectivity index (χ1n) is 6.34. The van der Waals surface area contributed by atoms with Crippen molar-refractivity contribution in [1.82, 2.24) is 10.3 Å². The lowest BCUT2D eigenvalue weighted by molar-refractivity contribution is -0.127. The highest BCUT2D eigenvalue weighted by Gasteiger charge is 2.15. The molecule has 0 aliphatic rings. The lowest BCUT2D eigenvalue weighted by Gasteiger charge is -2.15. The summed E-state index contributed by atoms with van der Waals surface area (Å²) in [6.45, 7) is 2.11. The monoisotopic (exact) mass is 368 g/mol. The van der Waals surface area contributed by atoms with E-state index in [-0.39, 0.29) is 5.91 Å². The van der Waals surface area contributed by atoms with E-state index in [1.807, 2.05) is 12.1 Å². The van der Waals surface area contributed by atoms with Crippen molar-refractivity contribution in [2.45, 2.75) is 19.6 Å². The number of ether oxygens (including phenoxy) is 1. The van der Waals surface area contributed by atoms with Crippen LogP contribution in [0.15, 0.2) is 47.2 Å². The zero-order valence-corrected chi connectivity index (χ0v) is 13.7. The van der Waals surface area contributed by atoms with Crippen molar-refractivity contribution in [3.63, 3.8) is 0 Å². The third-order valence-corrected chi connectivity index (χ3v) is 3.61. The second-order valence-electron chi connectivity index (χ2n) is 4.41. The van der Waals surface area contributed by atoms with Crippen molar-refractivity contribution in [3.05, 3.63) is 57.8 Å². The van der Waals surface area contributed by atoms with Crippen LogP contribution < -0.4 is 10.1 Å². The molecule has 1 N–H and O–H groups in total. The van der Waals surface area contributed by atoms with Crippen molar-refractivity contribution in [2.24, 2.45) is 0 Å². The van der Waals surface area contributed by atoms with E-state index in [1.54, 1.807) is 37.5 Å². The van der Waals surface area contributed by atoms with Gasteiger partial charge in [0.1, 0.15) is 5.75 Å². The second-order valence-corrected chi connectivity index (χ2v) is 5.70. The predicted octanol–water partition coefficient (Wildman–Crippen LogP) is 3.58. The molecule has 0 aliphatic heterocycles. The van der Waals surface area contributed by atoms with Crippen molar-refractivity contribution in [3.8, 4) is 5.75 Å². The van der Waals surface area contributed by atoms with E-state index in [0.717, 1.165) is 5.56 Å². The molecule has 4 nitrogen and oxygen atoms in total. The van der Waals surface area contributed by atoms with Crippen molar-refractivity contribution in [1.29, 1.82) is 0 Å². The van der Waals surface area contributed by atoms with Crippen LogP contribution >= 0.6 is 27.5 Å². The number of amides is 1. The second kappa shape index (κ2) is 7.43. The Balaban J connectivity index is 1.90. The number of hydrogen-bond acceptors (Lipinski definition) is 3. The van der Waals surface area contributed by atoms with Gasteiger partial charge in [0.25, 0.3) is 5.91 Å². The average molecular weight is 370 g/mol. The maximum atomic E-state index is 12.0. The molecule has 0 bridgehead atoms. The van der Waals surface area contributed by atoms with Gasteiger partial charge in [0.05, 0.1) is 4.47 Å². The molecular weight excluding hydrogens is 356 g/mol. The lowest BCUT2D eigenvalue weighted by Crippen LogP contribution is -2.36. The topological polar surface area (TPSA) is 51.2 Å². The molecule has 110 valence electrons. The van der Waals surface area contributed by atoms with Crippen LogP contribution in [0.25, 0.3) is 0 Å². The molecule has 0 radical (unpaired) electrons. The Morgan fingerprint density at radius 3 is 2.95 bits per heavy atom. The number of hydrogen-bond donors (Lipinski definition) is 1. The molecule has 0 aliphatic carbocycles. The zero-order valence-electron chi connectivity index (χ0n) is 11.3. The molecule has 1 atom stereocenters. The highest BCUT2D eigenvalue weighted by molar-refractivity contribution is 9.10. The Hall–Kier alpha value is -1.59. The Bertz CT molecular complexity index is 622. The maximum Gasteiger partial charge on any atom is 0.261 e. The molecule has 1 amide bonds. The molecule has 0 saturated carbocycles. The van der Waals surface area contributed by atoms with E-state index in [9.17, 15) is 4.79 Å². The van der Waals surface area contributed by atoms with Gasteiger partial charge >= 0.3 is 0 Å². The lowest BCUT2D eigenvalue weighted by atomic mass is 10.2. The molecule has 6 heteroatoms. The molecule has 21 heavy (non-hydrogen) atoms. The number of nitrogens with one attached hydrogen (secondary N) is 1. The van der Waals surface area contributed by atoms with Gasteiger partial charge in [0.15, 0.2) is 6.10 Å². The highest BCUT2D eigenvalue weighted by Crippen LogP contribution is 2.28. The van der Waals surface area contributed by atoms with E-state index >= 15 is 0 Å². The van der Waals surface area contributed by atoms with Crippen LogP contribution in [0.3, 0.4) is 0 Å². The third-order valence-electron chi connectivity index (χ3n) is 2.76. The number of nitrogens with zero attached hydrogens (tertiary/aromatic N) is 1. The Labute approximate surface area is 136 Å². The van der Waals surface area contributed by atoms with E-state index in [1.165, 1.54) is 0 Å². The van der Waals surface area contributed by atoms with Gasteiger partial charge in [-0.2, -0.15) is 0 Å². The van der Waals surface area contributed by atoms with Gasteiger partial charge in [-0.1, -0.05) is 17.7 Å². The average Bonchev–Trinajstić information content (AvgIpc) is 2.48. The number of carbonyl (C=O) groups is 1. The first kappa shape index (κ1) is 15.8. The highest BCUT2D eigenvalue weighted by atomic mass is 79.9. The molecule has 1 aromatic carbocycles. The standard InChI is InChI=1S/C15H14BrClN2O2/c1-10(21-14-5-4-12(17)7-13(14)16)15(20)19-9-11-3-2-6-18-8-11/h2-8,10H,9H2,1H3,(H,19,20). The minimum Gasteiger partial charge on any atom is -0.480 e. The first-order chi connectivity index (χ1) is 10.1. The van der Waals surface area contributed by atoms with E-state index in [0.29, 0.717) is 21.8 Å². The summed E-state index contributed by atoms with van der Waals surface area (Å²) in [5.41, 5.74) is 0.936. The summed E-state index contributed by atoms with van der Waals surface area (Å²) in [6, 6.07) is 8.87. The SMILES string of the molecule is CC(Oc1ccc(Cl)cc1Br)C(=O)NCc1cccnc1. The smallest absolute Gasteiger partial charge is 0.261 e. The van der Waals surface area contributed by atoms with E-state index in [2.05, 4.69) is 26.2 Å². The van der Waals surface area contributed by atoms with E-state index < -0.39 is 6.10 Å².